The Labute approximate surface area is 475 Å². The molecule has 20 aromatic rings. The van der Waals surface area contributed by atoms with Gasteiger partial charge in [0, 0.05) is 128 Å². The second-order valence-electron chi connectivity index (χ2n) is 22.3. The van der Waals surface area contributed by atoms with Crippen LogP contribution in [0.15, 0.2) is 255 Å². The van der Waals surface area contributed by atoms with Crippen LogP contribution in [0, 0.1) is 0 Å². The van der Waals surface area contributed by atoms with Gasteiger partial charge in [0.05, 0.1) is 49.8 Å². The Kier molecular flexibility index (Phi) is 8.39. The molecule has 8 aromatic heterocycles. The monoisotopic (exact) mass is 1070 g/mol. The normalized spacial score (nSPS) is 12.6. The van der Waals surface area contributed by atoms with Crippen molar-refractivity contribution in [1.29, 1.82) is 0 Å². The minimum absolute atomic E-state index is 1.15. The molecule has 0 amide bonds. The molecule has 0 saturated heterocycles. The van der Waals surface area contributed by atoms with Gasteiger partial charge in [0.15, 0.2) is 0 Å². The fraction of sp³-hybridized carbons (Fsp3) is 0. The largest absolute Gasteiger partial charge is 0.315 e. The van der Waals surface area contributed by atoms with E-state index in [0.717, 1.165) is 11.4 Å². The van der Waals surface area contributed by atoms with Crippen molar-refractivity contribution in [1.82, 2.24) is 17.9 Å². The highest BCUT2D eigenvalue weighted by atomic mass is 32.1. The van der Waals surface area contributed by atoms with Crippen LogP contribution < -0.4 is 0 Å². The van der Waals surface area contributed by atoms with Crippen molar-refractivity contribution in [3.63, 3.8) is 0 Å². The highest BCUT2D eigenvalue weighted by Crippen LogP contribution is 2.50. The molecule has 8 heterocycles. The maximum Gasteiger partial charge on any atom is 0.0640 e. The predicted molar refractivity (Wildman–Crippen MR) is 353 cm³/mol. The van der Waals surface area contributed by atoms with Crippen molar-refractivity contribution in [2.45, 2.75) is 0 Å². The molecular weight excluding hydrogens is 1030 g/mol. The summed E-state index contributed by atoms with van der Waals surface area (Å²) < 4.78 is 15.3. The van der Waals surface area contributed by atoms with Crippen molar-refractivity contribution >= 4 is 183 Å². The molecule has 0 aliphatic rings. The number of fused-ring (bicyclic) bond motifs is 30. The predicted octanol–water partition coefficient (Wildman–Crippen LogP) is 21.7. The Balaban J connectivity index is 0.920. The van der Waals surface area contributed by atoms with Crippen LogP contribution >= 0.6 is 22.7 Å². The smallest absolute Gasteiger partial charge is 0.0640 e. The maximum atomic E-state index is 2.63. The second kappa shape index (κ2) is 15.8. The van der Waals surface area contributed by atoms with E-state index in [9.17, 15) is 0 Å². The Morgan fingerprint density at radius 2 is 0.732 bits per heavy atom. The minimum atomic E-state index is 1.15. The number of rotatable bonds is 3. The maximum absolute atomic E-state index is 2.63. The first-order valence-electron chi connectivity index (χ1n) is 28.1. The molecule has 0 radical (unpaired) electrons. The number of nitrogens with zero attached hydrogens (tertiary/aromatic N) is 4. The lowest BCUT2D eigenvalue weighted by atomic mass is 9.98. The van der Waals surface area contributed by atoms with E-state index in [1.165, 1.54) is 171 Å². The molecule has 12 aromatic carbocycles. The van der Waals surface area contributed by atoms with E-state index in [2.05, 4.69) is 273 Å². The van der Waals surface area contributed by atoms with Crippen molar-refractivity contribution in [2.24, 2.45) is 0 Å². The molecule has 0 bridgehead atoms. The third-order valence-electron chi connectivity index (χ3n) is 18.2. The molecule has 20 rings (SSSR count). The van der Waals surface area contributed by atoms with Crippen LogP contribution in [0.5, 0.6) is 0 Å². The SMILES string of the molecule is c1ccc(-n2c3ccccc3c3ccc4c(c5cc6sc7cc(-c8c9ccccc9c9c%10cc%11sc%12ccccc%12c%11cc%10c%10c%11c(ccc%10n89)c8ccccc8n%11-c8ccccc8)ccc7c6cc5c5c6ccccc6cn45)c32)cc1. The molecule has 0 aliphatic carbocycles. The molecule has 378 valence electrons. The Morgan fingerprint density at radius 1 is 0.256 bits per heavy atom. The number of benzene rings is 12. The van der Waals surface area contributed by atoms with Gasteiger partial charge < -0.3 is 17.9 Å². The molecule has 0 saturated carbocycles. The molecule has 0 spiro atoms. The summed E-state index contributed by atoms with van der Waals surface area (Å²) in [5, 5.41) is 22.8. The molecule has 4 nitrogen and oxygen atoms in total. The van der Waals surface area contributed by atoms with Crippen molar-refractivity contribution in [3.8, 4) is 22.6 Å². The zero-order chi connectivity index (χ0) is 53.1. The van der Waals surface area contributed by atoms with Gasteiger partial charge in [0.1, 0.15) is 0 Å². The lowest BCUT2D eigenvalue weighted by molar-refractivity contribution is 1.18. The van der Waals surface area contributed by atoms with Crippen LogP contribution in [-0.4, -0.2) is 17.9 Å². The van der Waals surface area contributed by atoms with E-state index >= 15 is 0 Å². The van der Waals surface area contributed by atoms with Crippen LogP contribution in [0.2, 0.25) is 0 Å². The summed E-state index contributed by atoms with van der Waals surface area (Å²) in [5.41, 5.74) is 14.5. The van der Waals surface area contributed by atoms with Crippen LogP contribution in [0.4, 0.5) is 0 Å². The molecule has 0 atom stereocenters. The highest BCUT2D eigenvalue weighted by Gasteiger charge is 2.26. The highest BCUT2D eigenvalue weighted by molar-refractivity contribution is 7.26. The van der Waals surface area contributed by atoms with E-state index < -0.39 is 0 Å². The summed E-state index contributed by atoms with van der Waals surface area (Å²) in [4.78, 5) is 0. The zero-order valence-electron chi connectivity index (χ0n) is 43.9. The summed E-state index contributed by atoms with van der Waals surface area (Å²) in [6, 6.07) is 93.6. The lowest BCUT2D eigenvalue weighted by Crippen LogP contribution is -1.98. The van der Waals surface area contributed by atoms with Crippen LogP contribution in [0.1, 0.15) is 0 Å². The number of pyridine rings is 2. The van der Waals surface area contributed by atoms with Crippen LogP contribution in [0.25, 0.3) is 183 Å². The van der Waals surface area contributed by atoms with Gasteiger partial charge in [-0.15, -0.1) is 22.7 Å². The number of para-hydroxylation sites is 4. The van der Waals surface area contributed by atoms with Gasteiger partial charge in [-0.3, -0.25) is 0 Å². The van der Waals surface area contributed by atoms with Gasteiger partial charge in [-0.2, -0.15) is 0 Å². The molecule has 0 N–H and O–H groups in total. The van der Waals surface area contributed by atoms with Crippen molar-refractivity contribution in [3.05, 3.63) is 255 Å². The first kappa shape index (κ1) is 43.6. The van der Waals surface area contributed by atoms with E-state index in [1.807, 2.05) is 22.7 Å². The van der Waals surface area contributed by atoms with Crippen molar-refractivity contribution < 1.29 is 0 Å². The van der Waals surface area contributed by atoms with E-state index in [4.69, 9.17) is 0 Å². The van der Waals surface area contributed by atoms with Crippen LogP contribution in [-0.2, 0) is 0 Å². The average molecular weight is 1080 g/mol. The number of aromatic nitrogens is 4. The summed E-state index contributed by atoms with van der Waals surface area (Å²) in [6.45, 7) is 0. The molecule has 6 heteroatoms. The number of hydrogen-bond donors (Lipinski definition) is 0. The summed E-state index contributed by atoms with van der Waals surface area (Å²) >= 11 is 3.82. The Hall–Kier alpha value is -10.2. The summed E-state index contributed by atoms with van der Waals surface area (Å²) in [6.07, 6.45) is 2.35. The standard InChI is InChI=1S/C76H42N4S2/c1-3-18-45(19-4-1)78-62-28-14-11-23-48(62)54-33-35-64-70(75(54)78)59-40-68-57(39-60(59)73-47-22-8-7-17-44(47)42-77(64)73)51-32-31-43(37-67(51)82-68)72-52-26-9-10-27-53(52)74-61-41-69-56(50-25-13-16-30-66(50)81-69)38-58(61)71-65(80(72)74)36-34-55-49-24-12-15-29-63(49)79(76(55)71)46-20-5-2-6-21-46/h1-42H. The van der Waals surface area contributed by atoms with Gasteiger partial charge in [-0.05, 0) is 95.7 Å². The first-order valence-corrected chi connectivity index (χ1v) is 29.8. The quantitative estimate of drug-likeness (QED) is 0.157. The van der Waals surface area contributed by atoms with Gasteiger partial charge in [-0.1, -0.05) is 164 Å². The van der Waals surface area contributed by atoms with Crippen LogP contribution in [0.3, 0.4) is 0 Å². The third-order valence-corrected chi connectivity index (χ3v) is 20.5. The minimum Gasteiger partial charge on any atom is -0.315 e. The van der Waals surface area contributed by atoms with E-state index in [0.29, 0.717) is 0 Å². The first-order chi connectivity index (χ1) is 40.7. The van der Waals surface area contributed by atoms with E-state index in [1.54, 1.807) is 0 Å². The molecule has 0 aliphatic heterocycles. The van der Waals surface area contributed by atoms with Gasteiger partial charge >= 0.3 is 0 Å². The molecule has 0 fully saturated rings. The van der Waals surface area contributed by atoms with Gasteiger partial charge in [0.25, 0.3) is 0 Å². The van der Waals surface area contributed by atoms with E-state index in [-0.39, 0.29) is 0 Å². The summed E-state index contributed by atoms with van der Waals surface area (Å²) in [7, 11) is 0. The zero-order valence-corrected chi connectivity index (χ0v) is 45.5. The fourth-order valence-corrected chi connectivity index (χ4v) is 17.2. The summed E-state index contributed by atoms with van der Waals surface area (Å²) in [5.74, 6) is 0. The molecule has 82 heavy (non-hydrogen) atoms. The Bertz CT molecular complexity index is 6240. The third kappa shape index (κ3) is 5.55. The number of hydrogen-bond acceptors (Lipinski definition) is 2. The molecular formula is C76H42N4S2. The second-order valence-corrected chi connectivity index (χ2v) is 24.5. The fourth-order valence-electron chi connectivity index (χ4n) is 14.9. The van der Waals surface area contributed by atoms with Crippen molar-refractivity contribution in [2.75, 3.05) is 0 Å². The number of thiophene rings is 2. The van der Waals surface area contributed by atoms with Gasteiger partial charge in [-0.25, -0.2) is 0 Å². The van der Waals surface area contributed by atoms with Gasteiger partial charge in [0.2, 0.25) is 0 Å². The topological polar surface area (TPSA) is 18.7 Å². The lowest BCUT2D eigenvalue weighted by Gasteiger charge is -2.16. The average Bonchev–Trinajstić information content (AvgIpc) is 1.95. The Morgan fingerprint density at radius 3 is 1.44 bits per heavy atom. The molecule has 0 unspecified atom stereocenters.